The third-order valence-electron chi connectivity index (χ3n) is 9.51. The number of carbonyl (C=O) groups is 3. The maximum absolute atomic E-state index is 12.6. The highest BCUT2D eigenvalue weighted by molar-refractivity contribution is 7.47. The average molecular weight is 864 g/mol. The predicted octanol–water partition coefficient (Wildman–Crippen LogP) is 12.5. The zero-order valence-corrected chi connectivity index (χ0v) is 38.2. The number of carboxylic acid groups (broad SMARTS) is 1. The highest BCUT2D eigenvalue weighted by Crippen LogP contribution is 2.43. The van der Waals surface area contributed by atoms with Gasteiger partial charge in [0.25, 0.3) is 0 Å². The minimum atomic E-state index is -4.73. The molecule has 0 saturated carbocycles. The summed E-state index contributed by atoms with van der Waals surface area (Å²) in [5.41, 5.74) is 5.33. The monoisotopic (exact) mass is 864 g/mol. The number of phosphoric acid groups is 1. The molecular formula is C48H82NO10P. The Morgan fingerprint density at radius 2 is 0.967 bits per heavy atom. The number of allylic oxidation sites excluding steroid dienone is 12. The molecule has 0 fully saturated rings. The molecule has 0 rings (SSSR count). The van der Waals surface area contributed by atoms with Crippen LogP contribution in [0.25, 0.3) is 0 Å². The van der Waals surface area contributed by atoms with Gasteiger partial charge < -0.3 is 25.2 Å². The number of phosphoric ester groups is 1. The van der Waals surface area contributed by atoms with Crippen LogP contribution < -0.4 is 5.73 Å². The molecule has 0 spiro atoms. The lowest BCUT2D eigenvalue weighted by Gasteiger charge is -2.20. The van der Waals surface area contributed by atoms with Crippen LogP contribution in [0.4, 0.5) is 0 Å². The molecule has 344 valence electrons. The van der Waals surface area contributed by atoms with E-state index in [9.17, 15) is 23.8 Å². The highest BCUT2D eigenvalue weighted by Gasteiger charge is 2.28. The lowest BCUT2D eigenvalue weighted by Crippen LogP contribution is -2.34. The molecule has 0 aromatic carbocycles. The maximum Gasteiger partial charge on any atom is 0.472 e. The molecule has 0 bridgehead atoms. The molecule has 3 atom stereocenters. The second-order valence-corrected chi connectivity index (χ2v) is 16.6. The summed E-state index contributed by atoms with van der Waals surface area (Å²) in [5, 5.41) is 8.89. The number of hydrogen-bond acceptors (Lipinski definition) is 9. The number of esters is 2. The Morgan fingerprint density at radius 1 is 0.533 bits per heavy atom. The number of carboxylic acids is 1. The quantitative estimate of drug-likeness (QED) is 0.0175. The molecule has 60 heavy (non-hydrogen) atoms. The maximum atomic E-state index is 12.6. The van der Waals surface area contributed by atoms with Crippen molar-refractivity contribution >= 4 is 25.7 Å². The topological polar surface area (TPSA) is 172 Å². The fraction of sp³-hybridized carbons (Fsp3) is 0.688. The van der Waals surface area contributed by atoms with Crippen LogP contribution in [0.15, 0.2) is 72.9 Å². The fourth-order valence-corrected chi connectivity index (χ4v) is 6.74. The smallest absolute Gasteiger partial charge is 0.472 e. The molecule has 0 radical (unpaired) electrons. The van der Waals surface area contributed by atoms with Crippen LogP contribution in [0, 0.1) is 0 Å². The zero-order valence-electron chi connectivity index (χ0n) is 37.3. The van der Waals surface area contributed by atoms with Gasteiger partial charge in [-0.2, -0.15) is 0 Å². The van der Waals surface area contributed by atoms with Gasteiger partial charge in [0.2, 0.25) is 0 Å². The van der Waals surface area contributed by atoms with Crippen LogP contribution in [0.5, 0.6) is 0 Å². The van der Waals surface area contributed by atoms with E-state index in [-0.39, 0.29) is 19.4 Å². The number of unbranched alkanes of at least 4 members (excludes halogenated alkanes) is 18. The van der Waals surface area contributed by atoms with E-state index in [1.165, 1.54) is 64.2 Å². The summed E-state index contributed by atoms with van der Waals surface area (Å²) in [4.78, 5) is 46.0. The number of carbonyl (C=O) groups excluding carboxylic acids is 2. The Hall–Kier alpha value is -3.08. The van der Waals surface area contributed by atoms with Crippen molar-refractivity contribution in [1.29, 1.82) is 0 Å². The van der Waals surface area contributed by atoms with Gasteiger partial charge >= 0.3 is 25.7 Å². The summed E-state index contributed by atoms with van der Waals surface area (Å²) in [6, 6.07) is -1.53. The van der Waals surface area contributed by atoms with Crippen molar-refractivity contribution in [3.8, 4) is 0 Å². The van der Waals surface area contributed by atoms with Crippen molar-refractivity contribution < 1.29 is 47.5 Å². The molecule has 12 heteroatoms. The summed E-state index contributed by atoms with van der Waals surface area (Å²) < 4.78 is 32.7. The minimum absolute atomic E-state index is 0.135. The molecular weight excluding hydrogens is 781 g/mol. The Morgan fingerprint density at radius 3 is 1.50 bits per heavy atom. The van der Waals surface area contributed by atoms with Crippen molar-refractivity contribution in [2.45, 2.75) is 193 Å². The third-order valence-corrected chi connectivity index (χ3v) is 10.5. The predicted molar refractivity (Wildman–Crippen MR) is 244 cm³/mol. The Kier molecular flexibility index (Phi) is 40.4. The van der Waals surface area contributed by atoms with E-state index in [4.69, 9.17) is 24.8 Å². The van der Waals surface area contributed by atoms with E-state index in [0.29, 0.717) is 12.8 Å². The Bertz CT molecular complexity index is 1290. The largest absolute Gasteiger partial charge is 0.480 e. The fourth-order valence-electron chi connectivity index (χ4n) is 5.96. The van der Waals surface area contributed by atoms with Gasteiger partial charge in [-0.25, -0.2) is 4.57 Å². The van der Waals surface area contributed by atoms with Crippen LogP contribution in [0.3, 0.4) is 0 Å². The first kappa shape index (κ1) is 56.9. The van der Waals surface area contributed by atoms with Gasteiger partial charge in [0, 0.05) is 12.8 Å². The van der Waals surface area contributed by atoms with Gasteiger partial charge in [0.15, 0.2) is 6.10 Å². The SMILES string of the molecule is CC/C=C/C=C/C=C/CCCCCCCC(=O)OC(COC(=O)CCCCCCCCCCCCCCC/C=C/C/C=C/C/C=C/CC)COP(=O)(O)OC[C@H](N)C(=O)O. The van der Waals surface area contributed by atoms with Crippen molar-refractivity contribution in [2.24, 2.45) is 5.73 Å². The van der Waals surface area contributed by atoms with Crippen LogP contribution in [0.1, 0.15) is 181 Å². The van der Waals surface area contributed by atoms with E-state index in [1.807, 2.05) is 24.3 Å². The van der Waals surface area contributed by atoms with Gasteiger partial charge in [-0.3, -0.25) is 23.4 Å². The molecule has 11 nitrogen and oxygen atoms in total. The Balaban J connectivity index is 4.25. The lowest BCUT2D eigenvalue weighted by atomic mass is 10.0. The van der Waals surface area contributed by atoms with Crippen LogP contribution in [-0.4, -0.2) is 59.9 Å². The normalized spacial score (nSPS) is 14.3. The van der Waals surface area contributed by atoms with Gasteiger partial charge in [-0.05, 0) is 64.2 Å². The van der Waals surface area contributed by atoms with Crippen molar-refractivity contribution in [1.82, 2.24) is 0 Å². The first-order chi connectivity index (χ1) is 29.1. The van der Waals surface area contributed by atoms with Gasteiger partial charge in [-0.1, -0.05) is 177 Å². The first-order valence-electron chi connectivity index (χ1n) is 23.0. The van der Waals surface area contributed by atoms with E-state index in [2.05, 4.69) is 67.0 Å². The molecule has 4 N–H and O–H groups in total. The number of ether oxygens (including phenoxy) is 2. The molecule has 0 aliphatic rings. The van der Waals surface area contributed by atoms with E-state index in [1.54, 1.807) is 0 Å². The summed E-state index contributed by atoms with van der Waals surface area (Å²) in [5.74, 6) is -2.41. The molecule has 0 aliphatic heterocycles. The first-order valence-corrected chi connectivity index (χ1v) is 24.5. The van der Waals surface area contributed by atoms with Gasteiger partial charge in [0.05, 0.1) is 13.2 Å². The van der Waals surface area contributed by atoms with E-state index in [0.717, 1.165) is 77.0 Å². The summed E-state index contributed by atoms with van der Waals surface area (Å²) in [6.07, 6.45) is 51.2. The molecule has 0 aliphatic carbocycles. The average Bonchev–Trinajstić information content (AvgIpc) is 3.22. The standard InChI is InChI=1S/C48H82NO10P/c1-3-5-7-9-11-13-15-17-18-19-20-21-22-23-24-25-26-28-29-31-33-35-37-39-46(50)56-41-44(42-57-60(54,55)58-43-45(49)48(52)53)59-47(51)40-38-36-34-32-30-27-16-14-12-10-8-6-4-2/h5-8,10-14,16-18,44-45H,3-4,9,15,19-43,49H2,1-2H3,(H,52,53)(H,54,55)/b7-5+,8-6+,12-10+,13-11+,16-14+,18-17+/t44?,45-/m0/s1. The number of rotatable bonds is 42. The van der Waals surface area contributed by atoms with Crippen molar-refractivity contribution in [3.63, 3.8) is 0 Å². The number of aliphatic carboxylic acids is 1. The lowest BCUT2D eigenvalue weighted by molar-refractivity contribution is -0.161. The second-order valence-electron chi connectivity index (χ2n) is 15.2. The van der Waals surface area contributed by atoms with Crippen molar-refractivity contribution in [3.05, 3.63) is 72.9 Å². The van der Waals surface area contributed by atoms with Crippen molar-refractivity contribution in [2.75, 3.05) is 19.8 Å². The molecule has 0 heterocycles. The molecule has 0 saturated heterocycles. The molecule has 0 aromatic heterocycles. The van der Waals surface area contributed by atoms with Crippen LogP contribution in [-0.2, 0) is 37.5 Å². The second kappa shape index (κ2) is 42.6. The molecule has 2 unspecified atom stereocenters. The number of nitrogens with two attached hydrogens (primary N) is 1. The number of hydrogen-bond donors (Lipinski definition) is 3. The summed E-state index contributed by atoms with van der Waals surface area (Å²) in [7, 11) is -4.73. The van der Waals surface area contributed by atoms with Crippen LogP contribution >= 0.6 is 7.82 Å². The zero-order chi connectivity index (χ0) is 44.2. The summed E-state index contributed by atoms with van der Waals surface area (Å²) >= 11 is 0. The van der Waals surface area contributed by atoms with Gasteiger partial charge in [-0.15, -0.1) is 0 Å². The van der Waals surface area contributed by atoms with E-state index < -0.39 is 51.1 Å². The van der Waals surface area contributed by atoms with Gasteiger partial charge in [0.1, 0.15) is 12.6 Å². The minimum Gasteiger partial charge on any atom is -0.480 e. The highest BCUT2D eigenvalue weighted by atomic mass is 31.2. The van der Waals surface area contributed by atoms with Crippen LogP contribution in [0.2, 0.25) is 0 Å². The van der Waals surface area contributed by atoms with E-state index >= 15 is 0 Å². The molecule has 0 amide bonds. The molecule has 0 aromatic rings. The summed E-state index contributed by atoms with van der Waals surface area (Å²) in [6.45, 7) is 2.53. The Labute approximate surface area is 363 Å². The third kappa shape index (κ3) is 41.6.